The second-order valence-electron chi connectivity index (χ2n) is 6.95. The first-order chi connectivity index (χ1) is 12.8. The van der Waals surface area contributed by atoms with E-state index in [0.717, 1.165) is 10.2 Å². The Labute approximate surface area is 160 Å². The van der Waals surface area contributed by atoms with Crippen molar-refractivity contribution in [3.8, 4) is 33.5 Å². The number of hydrogen-bond acceptors (Lipinski definition) is 1. The molecular formula is C24H14BrN. The fourth-order valence-corrected chi connectivity index (χ4v) is 5.04. The molecule has 1 nitrogen and oxygen atoms in total. The van der Waals surface area contributed by atoms with Gasteiger partial charge in [0.25, 0.3) is 0 Å². The number of pyridine rings is 1. The molecule has 122 valence electrons. The molecule has 1 aromatic heterocycles. The van der Waals surface area contributed by atoms with Gasteiger partial charge in [-0.2, -0.15) is 0 Å². The molecule has 2 aliphatic rings. The van der Waals surface area contributed by atoms with Crippen molar-refractivity contribution in [2.75, 3.05) is 0 Å². The fourth-order valence-electron chi connectivity index (χ4n) is 4.58. The minimum atomic E-state index is 0.358. The number of benzene rings is 3. The van der Waals surface area contributed by atoms with Gasteiger partial charge in [0, 0.05) is 22.2 Å². The zero-order valence-electron chi connectivity index (χ0n) is 13.9. The molecule has 0 aliphatic heterocycles. The lowest BCUT2D eigenvalue weighted by atomic mass is 9.92. The van der Waals surface area contributed by atoms with Crippen LogP contribution in [0.25, 0.3) is 33.5 Å². The second-order valence-corrected chi connectivity index (χ2v) is 7.87. The molecule has 1 heterocycles. The highest BCUT2D eigenvalue weighted by Gasteiger charge is 2.38. The van der Waals surface area contributed by atoms with Crippen LogP contribution in [0.4, 0.5) is 0 Å². The Morgan fingerprint density at radius 2 is 1.46 bits per heavy atom. The van der Waals surface area contributed by atoms with Gasteiger partial charge in [-0.1, -0.05) is 58.4 Å². The van der Waals surface area contributed by atoms with Crippen molar-refractivity contribution in [3.05, 3.63) is 100 Å². The predicted octanol–water partition coefficient (Wildman–Crippen LogP) is 6.65. The van der Waals surface area contributed by atoms with Crippen LogP contribution in [0.5, 0.6) is 0 Å². The Kier molecular flexibility index (Phi) is 2.86. The van der Waals surface area contributed by atoms with E-state index in [2.05, 4.69) is 81.6 Å². The van der Waals surface area contributed by atoms with E-state index < -0.39 is 0 Å². The molecule has 4 aromatic rings. The molecule has 1 atom stereocenters. The summed E-state index contributed by atoms with van der Waals surface area (Å²) in [7, 11) is 0. The Bertz CT molecular complexity index is 1190. The third kappa shape index (κ3) is 1.83. The van der Waals surface area contributed by atoms with Crippen molar-refractivity contribution >= 4 is 15.9 Å². The van der Waals surface area contributed by atoms with Gasteiger partial charge >= 0.3 is 0 Å². The molecule has 0 bridgehead atoms. The summed E-state index contributed by atoms with van der Waals surface area (Å²) < 4.78 is 1.14. The molecule has 1 unspecified atom stereocenters. The maximum absolute atomic E-state index is 4.53. The zero-order valence-corrected chi connectivity index (χ0v) is 15.5. The number of aromatic nitrogens is 1. The maximum Gasteiger partial charge on any atom is 0.0702 e. The highest BCUT2D eigenvalue weighted by Crippen LogP contribution is 2.58. The van der Waals surface area contributed by atoms with E-state index in [-0.39, 0.29) is 0 Å². The van der Waals surface area contributed by atoms with Crippen molar-refractivity contribution in [2.45, 2.75) is 5.92 Å². The molecule has 0 saturated carbocycles. The lowest BCUT2D eigenvalue weighted by Crippen LogP contribution is -1.94. The lowest BCUT2D eigenvalue weighted by Gasteiger charge is -2.12. The van der Waals surface area contributed by atoms with Crippen molar-refractivity contribution < 1.29 is 0 Å². The lowest BCUT2D eigenvalue weighted by molar-refractivity contribution is 1.05. The van der Waals surface area contributed by atoms with Crippen LogP contribution in [-0.4, -0.2) is 4.98 Å². The van der Waals surface area contributed by atoms with Crippen LogP contribution in [0.15, 0.2) is 83.5 Å². The van der Waals surface area contributed by atoms with Gasteiger partial charge in [-0.25, -0.2) is 0 Å². The van der Waals surface area contributed by atoms with E-state index in [9.17, 15) is 0 Å². The van der Waals surface area contributed by atoms with Crippen LogP contribution < -0.4 is 0 Å². The molecule has 3 aromatic carbocycles. The van der Waals surface area contributed by atoms with Gasteiger partial charge in [0.1, 0.15) is 0 Å². The topological polar surface area (TPSA) is 12.9 Å². The van der Waals surface area contributed by atoms with Gasteiger partial charge in [0.15, 0.2) is 0 Å². The molecule has 0 fully saturated rings. The monoisotopic (exact) mass is 395 g/mol. The first kappa shape index (κ1) is 14.5. The third-order valence-corrected chi connectivity index (χ3v) is 6.07. The molecular weight excluding hydrogens is 382 g/mol. The Morgan fingerprint density at radius 1 is 0.692 bits per heavy atom. The number of fused-ring (bicyclic) bond motifs is 6. The molecule has 0 spiro atoms. The van der Waals surface area contributed by atoms with Gasteiger partial charge in [-0.3, -0.25) is 4.98 Å². The van der Waals surface area contributed by atoms with E-state index in [0.29, 0.717) is 5.92 Å². The fraction of sp³-hybridized carbons (Fsp3) is 0.0417. The quantitative estimate of drug-likeness (QED) is 0.303. The van der Waals surface area contributed by atoms with Crippen molar-refractivity contribution in [2.24, 2.45) is 0 Å². The normalized spacial score (nSPS) is 15.5. The van der Waals surface area contributed by atoms with Gasteiger partial charge in [0.2, 0.25) is 0 Å². The highest BCUT2D eigenvalue weighted by molar-refractivity contribution is 9.10. The second kappa shape index (κ2) is 5.15. The van der Waals surface area contributed by atoms with E-state index in [1.165, 1.54) is 44.5 Å². The molecule has 0 amide bonds. The van der Waals surface area contributed by atoms with Crippen molar-refractivity contribution in [3.63, 3.8) is 0 Å². The van der Waals surface area contributed by atoms with Gasteiger partial charge in [0.05, 0.1) is 5.69 Å². The predicted molar refractivity (Wildman–Crippen MR) is 109 cm³/mol. The Balaban J connectivity index is 1.65. The van der Waals surface area contributed by atoms with E-state index in [1.54, 1.807) is 0 Å². The Morgan fingerprint density at radius 3 is 2.31 bits per heavy atom. The van der Waals surface area contributed by atoms with E-state index >= 15 is 0 Å². The number of halogens is 1. The molecule has 6 rings (SSSR count). The summed E-state index contributed by atoms with van der Waals surface area (Å²) in [6.07, 6.45) is 1.85. The average Bonchev–Trinajstić information content (AvgIpc) is 3.19. The minimum absolute atomic E-state index is 0.358. The summed E-state index contributed by atoms with van der Waals surface area (Å²) in [5.74, 6) is 0.358. The van der Waals surface area contributed by atoms with Crippen LogP contribution >= 0.6 is 15.9 Å². The number of hydrogen-bond donors (Lipinski definition) is 0. The zero-order chi connectivity index (χ0) is 17.3. The first-order valence-electron chi connectivity index (χ1n) is 8.80. The highest BCUT2D eigenvalue weighted by atomic mass is 79.9. The minimum Gasteiger partial charge on any atom is -0.256 e. The van der Waals surface area contributed by atoms with Crippen LogP contribution in [0.2, 0.25) is 0 Å². The molecule has 2 heteroatoms. The first-order valence-corrected chi connectivity index (χ1v) is 9.59. The van der Waals surface area contributed by atoms with E-state index in [1.807, 2.05) is 18.3 Å². The summed E-state index contributed by atoms with van der Waals surface area (Å²) in [4.78, 5) is 4.53. The van der Waals surface area contributed by atoms with E-state index in [4.69, 9.17) is 0 Å². The Hall–Kier alpha value is -2.71. The summed E-state index contributed by atoms with van der Waals surface area (Å²) in [6.45, 7) is 0. The average molecular weight is 396 g/mol. The SMILES string of the molecule is Brc1cc2c3c(c1)-c1cc(-c4ccccn4)ccc1C3c1ccccc1-2. The molecule has 0 radical (unpaired) electrons. The largest absolute Gasteiger partial charge is 0.256 e. The summed E-state index contributed by atoms with van der Waals surface area (Å²) in [5, 5.41) is 0. The molecule has 26 heavy (non-hydrogen) atoms. The van der Waals surface area contributed by atoms with Crippen LogP contribution in [0.3, 0.4) is 0 Å². The summed E-state index contributed by atoms with van der Waals surface area (Å²) in [6, 6.07) is 26.2. The van der Waals surface area contributed by atoms with Crippen molar-refractivity contribution in [1.82, 2.24) is 4.98 Å². The van der Waals surface area contributed by atoms with Gasteiger partial charge in [-0.05, 0) is 69.3 Å². The maximum atomic E-state index is 4.53. The molecule has 0 N–H and O–H groups in total. The van der Waals surface area contributed by atoms with Crippen molar-refractivity contribution in [1.29, 1.82) is 0 Å². The van der Waals surface area contributed by atoms with Gasteiger partial charge < -0.3 is 0 Å². The standard InChI is InChI=1S/C24H14BrN/c25-15-12-20-16-5-1-2-6-17(16)23-18-9-8-14(22-7-3-4-10-26-22)11-19(18)21(13-15)24(20)23/h1-13,23H. The van der Waals surface area contributed by atoms with Crippen LogP contribution in [-0.2, 0) is 0 Å². The number of rotatable bonds is 1. The van der Waals surface area contributed by atoms with Gasteiger partial charge in [-0.15, -0.1) is 0 Å². The summed E-state index contributed by atoms with van der Waals surface area (Å²) >= 11 is 3.73. The molecule has 0 saturated heterocycles. The number of nitrogens with zero attached hydrogens (tertiary/aromatic N) is 1. The van der Waals surface area contributed by atoms with Crippen LogP contribution in [0.1, 0.15) is 22.6 Å². The van der Waals surface area contributed by atoms with Crippen LogP contribution in [0, 0.1) is 0 Å². The third-order valence-electron chi connectivity index (χ3n) is 5.61. The molecule has 2 aliphatic carbocycles. The summed E-state index contributed by atoms with van der Waals surface area (Å²) in [5.41, 5.74) is 11.9. The smallest absolute Gasteiger partial charge is 0.0702 e.